The predicted octanol–water partition coefficient (Wildman–Crippen LogP) is 1.94. The highest BCUT2D eigenvalue weighted by Crippen LogP contribution is 2.43. The summed E-state index contributed by atoms with van der Waals surface area (Å²) in [4.78, 5) is 0.404. The fraction of sp³-hybridized carbons (Fsp3) is 0.455. The van der Waals surface area contributed by atoms with Crippen molar-refractivity contribution < 1.29 is 8.42 Å². The van der Waals surface area contributed by atoms with Gasteiger partial charge in [0.15, 0.2) is 9.84 Å². The van der Waals surface area contributed by atoms with Crippen molar-refractivity contribution in [3.05, 3.63) is 23.8 Å². The molecule has 0 radical (unpaired) electrons. The van der Waals surface area contributed by atoms with Crippen LogP contribution in [0.3, 0.4) is 0 Å². The monoisotopic (exact) mass is 225 g/mol. The number of anilines is 1. The molecule has 0 bridgehead atoms. The summed E-state index contributed by atoms with van der Waals surface area (Å²) in [5.74, 6) is 0.623. The van der Waals surface area contributed by atoms with E-state index in [4.69, 9.17) is 5.73 Å². The topological polar surface area (TPSA) is 60.2 Å². The summed E-state index contributed by atoms with van der Waals surface area (Å²) in [6.45, 7) is 1.66. The van der Waals surface area contributed by atoms with Crippen LogP contribution in [0.25, 0.3) is 0 Å². The summed E-state index contributed by atoms with van der Waals surface area (Å²) in [6, 6.07) is 5.04. The fourth-order valence-corrected chi connectivity index (χ4v) is 2.58. The summed E-state index contributed by atoms with van der Waals surface area (Å²) < 4.78 is 23.3. The van der Waals surface area contributed by atoms with Crippen molar-refractivity contribution in [2.75, 3.05) is 11.5 Å². The van der Waals surface area contributed by atoms with Crippen LogP contribution >= 0.6 is 0 Å². The van der Waals surface area contributed by atoms with Crippen molar-refractivity contribution >= 4 is 15.5 Å². The molecule has 0 spiro atoms. The van der Waals surface area contributed by atoms with Crippen LogP contribution in [0.15, 0.2) is 23.1 Å². The highest BCUT2D eigenvalue weighted by molar-refractivity contribution is 7.91. The first-order valence-corrected chi connectivity index (χ1v) is 6.82. The zero-order chi connectivity index (χ0) is 11.1. The summed E-state index contributed by atoms with van der Waals surface area (Å²) >= 11 is 0. The van der Waals surface area contributed by atoms with Crippen LogP contribution in [0.1, 0.15) is 31.2 Å². The Morgan fingerprint density at radius 2 is 2.07 bits per heavy atom. The molecule has 15 heavy (non-hydrogen) atoms. The van der Waals surface area contributed by atoms with Gasteiger partial charge in [0, 0.05) is 5.69 Å². The number of benzene rings is 1. The maximum absolute atomic E-state index is 11.7. The lowest BCUT2D eigenvalue weighted by atomic mass is 10.1. The van der Waals surface area contributed by atoms with Crippen molar-refractivity contribution in [1.29, 1.82) is 0 Å². The Morgan fingerprint density at radius 1 is 1.40 bits per heavy atom. The van der Waals surface area contributed by atoms with Gasteiger partial charge in [0.1, 0.15) is 0 Å². The molecule has 0 heterocycles. The highest BCUT2D eigenvalue weighted by atomic mass is 32.2. The molecular weight excluding hydrogens is 210 g/mol. The molecule has 0 aromatic heterocycles. The normalized spacial score (nSPS) is 16.6. The quantitative estimate of drug-likeness (QED) is 0.800. The number of sulfone groups is 1. The Kier molecular flexibility index (Phi) is 2.46. The first kappa shape index (κ1) is 10.5. The van der Waals surface area contributed by atoms with Gasteiger partial charge < -0.3 is 5.73 Å². The lowest BCUT2D eigenvalue weighted by Crippen LogP contribution is -2.05. The van der Waals surface area contributed by atoms with Gasteiger partial charge in [-0.25, -0.2) is 8.42 Å². The van der Waals surface area contributed by atoms with Gasteiger partial charge >= 0.3 is 0 Å². The second-order valence-corrected chi connectivity index (χ2v) is 6.25. The van der Waals surface area contributed by atoms with Crippen molar-refractivity contribution in [2.24, 2.45) is 0 Å². The molecule has 1 aliphatic rings. The van der Waals surface area contributed by atoms with Gasteiger partial charge in [0.25, 0.3) is 0 Å². The Labute approximate surface area is 90.2 Å². The van der Waals surface area contributed by atoms with Crippen molar-refractivity contribution in [1.82, 2.24) is 0 Å². The molecule has 82 valence electrons. The third-order valence-corrected chi connectivity index (χ3v) is 4.55. The van der Waals surface area contributed by atoms with Crippen LogP contribution in [-0.2, 0) is 9.84 Å². The molecular formula is C11H15NO2S. The Balaban J connectivity index is 2.47. The zero-order valence-electron chi connectivity index (χ0n) is 8.73. The van der Waals surface area contributed by atoms with Crippen LogP contribution in [0.2, 0.25) is 0 Å². The molecule has 1 fully saturated rings. The Hall–Kier alpha value is -1.03. The van der Waals surface area contributed by atoms with Gasteiger partial charge in [-0.15, -0.1) is 0 Å². The molecule has 1 saturated carbocycles. The summed E-state index contributed by atoms with van der Waals surface area (Å²) in [5.41, 5.74) is 7.54. The Bertz CT molecular complexity index is 475. The molecule has 1 aromatic rings. The van der Waals surface area contributed by atoms with E-state index in [1.165, 1.54) is 0 Å². The smallest absolute Gasteiger partial charge is 0.178 e. The minimum atomic E-state index is -3.10. The number of hydrogen-bond donors (Lipinski definition) is 1. The molecule has 0 unspecified atom stereocenters. The van der Waals surface area contributed by atoms with Gasteiger partial charge in [-0.3, -0.25) is 0 Å². The van der Waals surface area contributed by atoms with E-state index in [9.17, 15) is 8.42 Å². The first-order chi connectivity index (χ1) is 7.04. The zero-order valence-corrected chi connectivity index (χ0v) is 9.55. The number of rotatable bonds is 3. The lowest BCUT2D eigenvalue weighted by molar-refractivity contribution is 0.597. The largest absolute Gasteiger partial charge is 0.398 e. The molecule has 0 aliphatic heterocycles. The fourth-order valence-electron chi connectivity index (χ4n) is 1.66. The predicted molar refractivity (Wildman–Crippen MR) is 60.6 cm³/mol. The standard InChI is InChI=1S/C11H15NO2S/c1-2-15(13,14)9-5-6-11(12)10(7-9)8-3-4-8/h5-8H,2-4,12H2,1H3. The second kappa shape index (κ2) is 3.52. The minimum Gasteiger partial charge on any atom is -0.398 e. The van der Waals surface area contributed by atoms with Gasteiger partial charge in [-0.1, -0.05) is 6.92 Å². The lowest BCUT2D eigenvalue weighted by Gasteiger charge is -2.07. The molecule has 1 aliphatic carbocycles. The van der Waals surface area contributed by atoms with Crippen molar-refractivity contribution in [3.8, 4) is 0 Å². The molecule has 4 heteroatoms. The van der Waals surface area contributed by atoms with E-state index in [1.807, 2.05) is 0 Å². The van der Waals surface area contributed by atoms with Gasteiger partial charge in [-0.05, 0) is 42.5 Å². The van der Waals surface area contributed by atoms with E-state index in [1.54, 1.807) is 25.1 Å². The molecule has 2 rings (SSSR count). The minimum absolute atomic E-state index is 0.140. The molecule has 3 nitrogen and oxygen atoms in total. The summed E-state index contributed by atoms with van der Waals surface area (Å²) in [7, 11) is -3.10. The number of hydrogen-bond acceptors (Lipinski definition) is 3. The maximum Gasteiger partial charge on any atom is 0.178 e. The van der Waals surface area contributed by atoms with Crippen LogP contribution in [-0.4, -0.2) is 14.2 Å². The van der Waals surface area contributed by atoms with Crippen molar-refractivity contribution in [3.63, 3.8) is 0 Å². The SMILES string of the molecule is CCS(=O)(=O)c1ccc(N)c(C2CC2)c1. The van der Waals surface area contributed by atoms with Crippen LogP contribution < -0.4 is 5.73 Å². The molecule has 0 amide bonds. The average Bonchev–Trinajstić information content (AvgIpc) is 3.02. The van der Waals surface area contributed by atoms with Crippen LogP contribution in [0, 0.1) is 0 Å². The van der Waals surface area contributed by atoms with E-state index in [-0.39, 0.29) is 5.75 Å². The molecule has 0 atom stereocenters. The maximum atomic E-state index is 11.7. The van der Waals surface area contributed by atoms with E-state index < -0.39 is 9.84 Å². The van der Waals surface area contributed by atoms with E-state index in [0.29, 0.717) is 16.5 Å². The molecule has 2 N–H and O–H groups in total. The number of nitrogen functional groups attached to an aromatic ring is 1. The van der Waals surface area contributed by atoms with Crippen LogP contribution in [0.4, 0.5) is 5.69 Å². The summed E-state index contributed by atoms with van der Waals surface area (Å²) in [5, 5.41) is 0. The first-order valence-electron chi connectivity index (χ1n) is 5.17. The van der Waals surface area contributed by atoms with Gasteiger partial charge in [-0.2, -0.15) is 0 Å². The average molecular weight is 225 g/mol. The van der Waals surface area contributed by atoms with E-state index >= 15 is 0 Å². The van der Waals surface area contributed by atoms with Gasteiger partial charge in [0.05, 0.1) is 10.6 Å². The molecule has 0 saturated heterocycles. The highest BCUT2D eigenvalue weighted by Gasteiger charge is 2.26. The second-order valence-electron chi connectivity index (χ2n) is 3.97. The molecule has 1 aromatic carbocycles. The van der Waals surface area contributed by atoms with E-state index in [0.717, 1.165) is 18.4 Å². The third kappa shape index (κ3) is 2.00. The van der Waals surface area contributed by atoms with E-state index in [2.05, 4.69) is 0 Å². The van der Waals surface area contributed by atoms with Crippen molar-refractivity contribution in [2.45, 2.75) is 30.6 Å². The third-order valence-electron chi connectivity index (χ3n) is 2.81. The number of nitrogens with two attached hydrogens (primary N) is 1. The van der Waals surface area contributed by atoms with Gasteiger partial charge in [0.2, 0.25) is 0 Å². The Morgan fingerprint density at radius 3 is 2.60 bits per heavy atom. The van der Waals surface area contributed by atoms with Crippen LogP contribution in [0.5, 0.6) is 0 Å². The summed E-state index contributed by atoms with van der Waals surface area (Å²) in [6.07, 6.45) is 2.25.